The van der Waals surface area contributed by atoms with Gasteiger partial charge in [0.25, 0.3) is 0 Å². The van der Waals surface area contributed by atoms with E-state index in [4.69, 9.17) is 5.11 Å². The number of hydrogen-bond donors (Lipinski definition) is 1. The van der Waals surface area contributed by atoms with Gasteiger partial charge in [0.1, 0.15) is 0 Å². The largest absolute Gasteiger partial charge is 0.478 e. The van der Waals surface area contributed by atoms with Gasteiger partial charge in [-0.3, -0.25) is 4.90 Å². The minimum Gasteiger partial charge on any atom is -0.478 e. The first-order valence-corrected chi connectivity index (χ1v) is 7.71. The fourth-order valence-corrected chi connectivity index (χ4v) is 2.73. The number of nitrogens with zero attached hydrogens (tertiary/aromatic N) is 1. The Bertz CT molecular complexity index is 304. The number of carbonyl (C=O) groups is 1. The molecule has 0 bridgehead atoms. The summed E-state index contributed by atoms with van der Waals surface area (Å²) in [6, 6.07) is 0.668. The van der Waals surface area contributed by atoms with Gasteiger partial charge in [0.2, 0.25) is 0 Å². The van der Waals surface area contributed by atoms with Crippen molar-refractivity contribution < 1.29 is 9.90 Å². The summed E-state index contributed by atoms with van der Waals surface area (Å²) in [5, 5.41) is 9.08. The Balaban J connectivity index is 2.59. The standard InChI is InChI=1S/C16H29NO2/c1-4-14(16(18)19)10-12-17(11-9-13(2)3)15-7-5-6-8-15/h10,13,15H,4-9,11-12H2,1-3H3,(H,18,19). The predicted molar refractivity (Wildman–Crippen MR) is 79.3 cm³/mol. The van der Waals surface area contributed by atoms with Crippen molar-refractivity contribution in [3.8, 4) is 0 Å². The molecule has 0 amide bonds. The van der Waals surface area contributed by atoms with Crippen LogP contribution in [0.5, 0.6) is 0 Å². The van der Waals surface area contributed by atoms with Crippen LogP contribution in [0.3, 0.4) is 0 Å². The summed E-state index contributed by atoms with van der Waals surface area (Å²) in [4.78, 5) is 13.5. The first-order valence-electron chi connectivity index (χ1n) is 7.71. The van der Waals surface area contributed by atoms with E-state index in [9.17, 15) is 4.79 Å². The van der Waals surface area contributed by atoms with E-state index in [0.717, 1.165) is 13.1 Å². The van der Waals surface area contributed by atoms with Crippen LogP contribution in [-0.4, -0.2) is 35.1 Å². The molecule has 19 heavy (non-hydrogen) atoms. The summed E-state index contributed by atoms with van der Waals surface area (Å²) >= 11 is 0. The first-order chi connectivity index (χ1) is 9.04. The zero-order valence-corrected chi connectivity index (χ0v) is 12.7. The monoisotopic (exact) mass is 267 g/mol. The van der Waals surface area contributed by atoms with Crippen LogP contribution in [0.4, 0.5) is 0 Å². The molecule has 3 heteroatoms. The Morgan fingerprint density at radius 3 is 2.47 bits per heavy atom. The third kappa shape index (κ3) is 5.77. The number of aliphatic carboxylic acids is 1. The maximum atomic E-state index is 11.0. The van der Waals surface area contributed by atoms with Crippen LogP contribution in [0.1, 0.15) is 59.3 Å². The molecule has 0 aromatic rings. The Labute approximate surface area is 117 Å². The summed E-state index contributed by atoms with van der Waals surface area (Å²) in [7, 11) is 0. The molecule has 110 valence electrons. The van der Waals surface area contributed by atoms with Crippen molar-refractivity contribution in [3.05, 3.63) is 11.6 Å². The van der Waals surface area contributed by atoms with E-state index in [-0.39, 0.29) is 0 Å². The Morgan fingerprint density at radius 1 is 1.37 bits per heavy atom. The fourth-order valence-electron chi connectivity index (χ4n) is 2.73. The minimum absolute atomic E-state index is 0.549. The maximum Gasteiger partial charge on any atom is 0.331 e. The third-order valence-electron chi connectivity index (χ3n) is 4.06. The van der Waals surface area contributed by atoms with E-state index in [1.807, 2.05) is 13.0 Å². The average molecular weight is 267 g/mol. The molecule has 1 saturated carbocycles. The van der Waals surface area contributed by atoms with E-state index in [1.165, 1.54) is 32.1 Å². The van der Waals surface area contributed by atoms with Crippen molar-refractivity contribution in [2.24, 2.45) is 5.92 Å². The summed E-state index contributed by atoms with van der Waals surface area (Å²) in [6.45, 7) is 8.30. The van der Waals surface area contributed by atoms with Gasteiger partial charge in [-0.2, -0.15) is 0 Å². The van der Waals surface area contributed by atoms with Crippen LogP contribution in [0, 0.1) is 5.92 Å². The second-order valence-electron chi connectivity index (χ2n) is 6.00. The lowest BCUT2D eigenvalue weighted by atomic mass is 10.1. The Morgan fingerprint density at radius 2 is 2.00 bits per heavy atom. The van der Waals surface area contributed by atoms with E-state index < -0.39 is 5.97 Å². The lowest BCUT2D eigenvalue weighted by Crippen LogP contribution is -2.35. The predicted octanol–water partition coefficient (Wildman–Crippen LogP) is 3.70. The lowest BCUT2D eigenvalue weighted by molar-refractivity contribution is -0.132. The van der Waals surface area contributed by atoms with Gasteiger partial charge in [0.15, 0.2) is 0 Å². The van der Waals surface area contributed by atoms with Crippen LogP contribution in [0.2, 0.25) is 0 Å². The highest BCUT2D eigenvalue weighted by Gasteiger charge is 2.22. The smallest absolute Gasteiger partial charge is 0.331 e. The van der Waals surface area contributed by atoms with Crippen LogP contribution in [0.15, 0.2) is 11.6 Å². The van der Waals surface area contributed by atoms with Crippen molar-refractivity contribution >= 4 is 5.97 Å². The van der Waals surface area contributed by atoms with E-state index in [1.54, 1.807) is 0 Å². The molecule has 0 unspecified atom stereocenters. The van der Waals surface area contributed by atoms with Crippen LogP contribution < -0.4 is 0 Å². The van der Waals surface area contributed by atoms with Gasteiger partial charge in [-0.25, -0.2) is 4.79 Å². The zero-order chi connectivity index (χ0) is 14.3. The fraction of sp³-hybridized carbons (Fsp3) is 0.812. The maximum absolute atomic E-state index is 11.0. The summed E-state index contributed by atoms with van der Waals surface area (Å²) in [6.07, 6.45) is 8.93. The molecule has 1 N–H and O–H groups in total. The van der Waals surface area contributed by atoms with Crippen LogP contribution in [0.25, 0.3) is 0 Å². The molecule has 0 atom stereocenters. The van der Waals surface area contributed by atoms with Crippen molar-refractivity contribution in [1.29, 1.82) is 0 Å². The summed E-state index contributed by atoms with van der Waals surface area (Å²) in [5.74, 6) is -0.0595. The van der Waals surface area contributed by atoms with E-state index >= 15 is 0 Å². The van der Waals surface area contributed by atoms with Gasteiger partial charge in [-0.15, -0.1) is 0 Å². The van der Waals surface area contributed by atoms with Gasteiger partial charge < -0.3 is 5.11 Å². The lowest BCUT2D eigenvalue weighted by Gasteiger charge is -2.28. The molecule has 0 saturated heterocycles. The molecule has 0 aromatic carbocycles. The van der Waals surface area contributed by atoms with Gasteiger partial charge in [0, 0.05) is 18.2 Å². The highest BCUT2D eigenvalue weighted by atomic mass is 16.4. The number of carboxylic acid groups (broad SMARTS) is 1. The van der Waals surface area contributed by atoms with Crippen LogP contribution in [-0.2, 0) is 4.79 Å². The summed E-state index contributed by atoms with van der Waals surface area (Å²) in [5.41, 5.74) is 0.549. The Hall–Kier alpha value is -0.830. The molecule has 0 spiro atoms. The molecule has 1 aliphatic carbocycles. The van der Waals surface area contributed by atoms with Crippen molar-refractivity contribution in [2.75, 3.05) is 13.1 Å². The number of carboxylic acids is 1. The Kier molecular flexibility index (Phi) is 7.14. The average Bonchev–Trinajstić information content (AvgIpc) is 2.86. The minimum atomic E-state index is -0.766. The molecule has 0 radical (unpaired) electrons. The quantitative estimate of drug-likeness (QED) is 0.682. The molecule has 1 rings (SSSR count). The molecule has 1 fully saturated rings. The van der Waals surface area contributed by atoms with Crippen molar-refractivity contribution in [1.82, 2.24) is 4.90 Å². The van der Waals surface area contributed by atoms with E-state index in [0.29, 0.717) is 24.0 Å². The van der Waals surface area contributed by atoms with Crippen molar-refractivity contribution in [2.45, 2.75) is 65.3 Å². The second kappa shape index (κ2) is 8.36. The number of rotatable bonds is 8. The van der Waals surface area contributed by atoms with E-state index in [2.05, 4.69) is 18.7 Å². The normalized spacial score (nSPS) is 17.6. The van der Waals surface area contributed by atoms with Crippen LogP contribution >= 0.6 is 0 Å². The summed E-state index contributed by atoms with van der Waals surface area (Å²) < 4.78 is 0. The second-order valence-corrected chi connectivity index (χ2v) is 6.00. The highest BCUT2D eigenvalue weighted by Crippen LogP contribution is 2.24. The highest BCUT2D eigenvalue weighted by molar-refractivity contribution is 5.86. The topological polar surface area (TPSA) is 40.5 Å². The van der Waals surface area contributed by atoms with Gasteiger partial charge >= 0.3 is 5.97 Å². The first kappa shape index (κ1) is 16.2. The molecular weight excluding hydrogens is 238 g/mol. The SMILES string of the molecule is CCC(=CCN(CCC(C)C)C1CCCC1)C(=O)O. The third-order valence-corrected chi connectivity index (χ3v) is 4.06. The molecule has 3 nitrogen and oxygen atoms in total. The molecule has 0 heterocycles. The zero-order valence-electron chi connectivity index (χ0n) is 12.7. The molecular formula is C16H29NO2. The van der Waals surface area contributed by atoms with Gasteiger partial charge in [-0.05, 0) is 38.1 Å². The molecule has 0 aromatic heterocycles. The van der Waals surface area contributed by atoms with Crippen molar-refractivity contribution in [3.63, 3.8) is 0 Å². The number of hydrogen-bond acceptors (Lipinski definition) is 2. The molecule has 0 aliphatic heterocycles. The molecule has 1 aliphatic rings. The van der Waals surface area contributed by atoms with Gasteiger partial charge in [0.05, 0.1) is 0 Å². The van der Waals surface area contributed by atoms with Gasteiger partial charge in [-0.1, -0.05) is 39.7 Å².